The second kappa shape index (κ2) is 10.4. The number of aliphatic imine (C=N–C) groups is 1. The van der Waals surface area contributed by atoms with E-state index in [0.29, 0.717) is 18.7 Å². The Bertz CT molecular complexity index is 707. The maximum absolute atomic E-state index is 6.01. The van der Waals surface area contributed by atoms with Crippen molar-refractivity contribution in [3.8, 4) is 0 Å². The molecule has 0 spiro atoms. The summed E-state index contributed by atoms with van der Waals surface area (Å²) in [5.74, 6) is 1.86. The van der Waals surface area contributed by atoms with Crippen molar-refractivity contribution in [3.05, 3.63) is 23.9 Å². The summed E-state index contributed by atoms with van der Waals surface area (Å²) in [5, 5.41) is 7.14. The Morgan fingerprint density at radius 3 is 2.83 bits per heavy atom. The van der Waals surface area contributed by atoms with Gasteiger partial charge >= 0.3 is 0 Å². The Balaban J connectivity index is 1.58. The van der Waals surface area contributed by atoms with Gasteiger partial charge in [0.25, 0.3) is 0 Å². The van der Waals surface area contributed by atoms with Crippen molar-refractivity contribution in [1.29, 1.82) is 0 Å². The van der Waals surface area contributed by atoms with Crippen molar-refractivity contribution in [3.63, 3.8) is 0 Å². The second-order valence-electron chi connectivity index (χ2n) is 8.39. The van der Waals surface area contributed by atoms with E-state index < -0.39 is 0 Å². The highest BCUT2D eigenvalue weighted by Gasteiger charge is 2.53. The number of guanidine groups is 1. The van der Waals surface area contributed by atoms with E-state index in [0.717, 1.165) is 57.3 Å². The maximum atomic E-state index is 6.01. The molecule has 0 radical (unpaired) electrons. The van der Waals surface area contributed by atoms with E-state index in [1.165, 1.54) is 5.56 Å². The lowest BCUT2D eigenvalue weighted by Crippen LogP contribution is -2.65. The van der Waals surface area contributed by atoms with E-state index in [2.05, 4.69) is 65.3 Å². The third-order valence-corrected chi connectivity index (χ3v) is 6.84. The van der Waals surface area contributed by atoms with Crippen LogP contribution in [0.25, 0.3) is 0 Å². The molecule has 7 nitrogen and oxygen atoms in total. The molecular weight excluding hydrogens is 378 g/mol. The van der Waals surface area contributed by atoms with Crippen LogP contribution in [-0.4, -0.2) is 62.5 Å². The fourth-order valence-corrected chi connectivity index (χ4v) is 4.90. The minimum Gasteiger partial charge on any atom is -0.378 e. The SMILES string of the molecule is CCOC1CC(NC(=NC)NCc2ccnc(N3CCOC(C)C3)c2)C1(CC)CC. The summed E-state index contributed by atoms with van der Waals surface area (Å²) in [6, 6.07) is 4.61. The van der Waals surface area contributed by atoms with Crippen molar-refractivity contribution >= 4 is 11.8 Å². The molecule has 0 amide bonds. The molecule has 1 saturated carbocycles. The molecule has 2 aliphatic rings. The summed E-state index contributed by atoms with van der Waals surface area (Å²) < 4.78 is 11.7. The molecule has 2 N–H and O–H groups in total. The molecule has 168 valence electrons. The summed E-state index contributed by atoms with van der Waals surface area (Å²) >= 11 is 0. The van der Waals surface area contributed by atoms with E-state index in [1.807, 2.05) is 13.2 Å². The highest BCUT2D eigenvalue weighted by molar-refractivity contribution is 5.80. The highest BCUT2D eigenvalue weighted by atomic mass is 16.5. The molecule has 3 atom stereocenters. The maximum Gasteiger partial charge on any atom is 0.191 e. The molecule has 3 unspecified atom stereocenters. The van der Waals surface area contributed by atoms with Crippen LogP contribution in [0.1, 0.15) is 52.5 Å². The molecule has 0 bridgehead atoms. The smallest absolute Gasteiger partial charge is 0.191 e. The third-order valence-electron chi connectivity index (χ3n) is 6.84. The normalized spacial score (nSPS) is 26.2. The Morgan fingerprint density at radius 2 is 2.17 bits per heavy atom. The van der Waals surface area contributed by atoms with E-state index in [4.69, 9.17) is 9.47 Å². The third kappa shape index (κ3) is 4.89. The molecule has 7 heteroatoms. The number of anilines is 1. The van der Waals surface area contributed by atoms with Gasteiger partial charge in [-0.15, -0.1) is 0 Å². The number of aromatic nitrogens is 1. The molecule has 0 aromatic carbocycles. The average Bonchev–Trinajstić information content (AvgIpc) is 2.76. The average molecular weight is 418 g/mol. The minimum atomic E-state index is 0.185. The van der Waals surface area contributed by atoms with Crippen molar-refractivity contribution in [2.45, 2.75) is 71.8 Å². The number of pyridine rings is 1. The summed E-state index contributed by atoms with van der Waals surface area (Å²) in [6.45, 7) is 12.7. The largest absolute Gasteiger partial charge is 0.378 e. The van der Waals surface area contributed by atoms with Gasteiger partial charge < -0.3 is 25.0 Å². The van der Waals surface area contributed by atoms with Crippen molar-refractivity contribution in [1.82, 2.24) is 15.6 Å². The highest BCUT2D eigenvalue weighted by Crippen LogP contribution is 2.48. The van der Waals surface area contributed by atoms with Gasteiger partial charge in [-0.3, -0.25) is 4.99 Å². The molecule has 30 heavy (non-hydrogen) atoms. The Kier molecular flexibility index (Phi) is 7.94. The molecule has 1 aromatic heterocycles. The number of ether oxygens (including phenoxy) is 2. The summed E-state index contributed by atoms with van der Waals surface area (Å²) in [4.78, 5) is 11.3. The van der Waals surface area contributed by atoms with Gasteiger partial charge in [-0.2, -0.15) is 0 Å². The topological polar surface area (TPSA) is 71.0 Å². The zero-order valence-corrected chi connectivity index (χ0v) is 19.3. The van der Waals surface area contributed by atoms with Crippen LogP contribution in [0.5, 0.6) is 0 Å². The van der Waals surface area contributed by atoms with E-state index in [-0.39, 0.29) is 11.5 Å². The lowest BCUT2D eigenvalue weighted by molar-refractivity contribution is -0.133. The number of nitrogens with zero attached hydrogens (tertiary/aromatic N) is 3. The Labute approximate surface area is 181 Å². The number of rotatable bonds is 8. The minimum absolute atomic E-state index is 0.185. The first-order valence-corrected chi connectivity index (χ1v) is 11.5. The number of morpholine rings is 1. The Hall–Kier alpha value is -1.86. The van der Waals surface area contributed by atoms with Crippen LogP contribution in [0.3, 0.4) is 0 Å². The van der Waals surface area contributed by atoms with Gasteiger partial charge in [0.2, 0.25) is 0 Å². The molecule has 1 saturated heterocycles. The predicted molar refractivity (Wildman–Crippen MR) is 122 cm³/mol. The quantitative estimate of drug-likeness (QED) is 0.501. The van der Waals surface area contributed by atoms with E-state index in [1.54, 1.807) is 0 Å². The first kappa shape index (κ1) is 22.8. The van der Waals surface area contributed by atoms with Crippen LogP contribution in [0.4, 0.5) is 5.82 Å². The van der Waals surface area contributed by atoms with E-state index >= 15 is 0 Å². The van der Waals surface area contributed by atoms with Gasteiger partial charge in [0.1, 0.15) is 5.82 Å². The zero-order valence-electron chi connectivity index (χ0n) is 19.3. The van der Waals surface area contributed by atoms with Gasteiger partial charge in [0.05, 0.1) is 18.8 Å². The number of hydrogen-bond donors (Lipinski definition) is 2. The van der Waals surface area contributed by atoms with Gasteiger partial charge in [-0.05, 0) is 50.8 Å². The molecule has 1 aromatic rings. The number of nitrogens with one attached hydrogen (secondary N) is 2. The standard InChI is InChI=1S/C23H39N5O2/c1-6-23(7-2)19(14-20(23)29-8-3)27-22(24-5)26-15-18-9-10-25-21(13-18)28-11-12-30-17(4)16-28/h9-10,13,17,19-20H,6-8,11-12,14-16H2,1-5H3,(H2,24,26,27). The van der Waals surface area contributed by atoms with Crippen LogP contribution < -0.4 is 15.5 Å². The Morgan fingerprint density at radius 1 is 1.37 bits per heavy atom. The summed E-state index contributed by atoms with van der Waals surface area (Å²) in [7, 11) is 1.83. The monoisotopic (exact) mass is 417 g/mol. The van der Waals surface area contributed by atoms with Gasteiger partial charge in [-0.1, -0.05) is 13.8 Å². The van der Waals surface area contributed by atoms with Crippen LogP contribution in [0, 0.1) is 5.41 Å². The summed E-state index contributed by atoms with van der Waals surface area (Å²) in [5.41, 5.74) is 1.38. The molecule has 3 rings (SSSR count). The van der Waals surface area contributed by atoms with Gasteiger partial charge in [0.15, 0.2) is 5.96 Å². The van der Waals surface area contributed by atoms with Gasteiger partial charge in [-0.25, -0.2) is 4.98 Å². The first-order valence-electron chi connectivity index (χ1n) is 11.5. The molecule has 2 fully saturated rings. The fraction of sp³-hybridized carbons (Fsp3) is 0.739. The number of hydrogen-bond acceptors (Lipinski definition) is 5. The molecule has 1 aliphatic heterocycles. The lowest BCUT2D eigenvalue weighted by atomic mass is 9.58. The lowest BCUT2D eigenvalue weighted by Gasteiger charge is -2.55. The fourth-order valence-electron chi connectivity index (χ4n) is 4.90. The zero-order chi connectivity index (χ0) is 21.6. The summed E-state index contributed by atoms with van der Waals surface area (Å²) in [6.07, 6.45) is 5.71. The second-order valence-corrected chi connectivity index (χ2v) is 8.39. The molecular formula is C23H39N5O2. The van der Waals surface area contributed by atoms with Crippen LogP contribution in [0.2, 0.25) is 0 Å². The predicted octanol–water partition coefficient (Wildman–Crippen LogP) is 2.96. The van der Waals surface area contributed by atoms with Crippen molar-refractivity contribution in [2.75, 3.05) is 38.3 Å². The van der Waals surface area contributed by atoms with Crippen LogP contribution in [-0.2, 0) is 16.0 Å². The van der Waals surface area contributed by atoms with E-state index in [9.17, 15) is 0 Å². The molecule has 2 heterocycles. The van der Waals surface area contributed by atoms with Crippen LogP contribution >= 0.6 is 0 Å². The van der Waals surface area contributed by atoms with Gasteiger partial charge in [0, 0.05) is 50.9 Å². The molecule has 1 aliphatic carbocycles. The van der Waals surface area contributed by atoms with Crippen molar-refractivity contribution < 1.29 is 9.47 Å². The van der Waals surface area contributed by atoms with Crippen molar-refractivity contribution in [2.24, 2.45) is 10.4 Å². The first-order chi connectivity index (χ1) is 14.6. The van der Waals surface area contributed by atoms with Crippen LogP contribution in [0.15, 0.2) is 23.3 Å².